The molecule has 130 valence electrons. The maximum atomic E-state index is 5.95. The first kappa shape index (κ1) is 18.0. The molecular weight excluding hydrogens is 302 g/mol. The van der Waals surface area contributed by atoms with Crippen LogP contribution >= 0.6 is 0 Å². The summed E-state index contributed by atoms with van der Waals surface area (Å²) in [6, 6.07) is 11.8. The van der Waals surface area contributed by atoms with E-state index >= 15 is 0 Å². The third kappa shape index (κ3) is 4.82. The summed E-state index contributed by atoms with van der Waals surface area (Å²) in [6.07, 6.45) is 0.789. The van der Waals surface area contributed by atoms with Gasteiger partial charge in [-0.2, -0.15) is 0 Å². The number of rotatable bonds is 8. The predicted octanol–water partition coefficient (Wildman–Crippen LogP) is 4.56. The van der Waals surface area contributed by atoms with Crippen LogP contribution in [0.5, 0.6) is 17.2 Å². The molecule has 0 aliphatic carbocycles. The van der Waals surface area contributed by atoms with Crippen molar-refractivity contribution in [3.8, 4) is 17.2 Å². The van der Waals surface area contributed by atoms with Crippen molar-refractivity contribution in [2.75, 3.05) is 26.1 Å². The highest BCUT2D eigenvalue weighted by Crippen LogP contribution is 2.28. The topological polar surface area (TPSA) is 53.7 Å². The number of anilines is 1. The third-order valence-electron chi connectivity index (χ3n) is 3.81. The second kappa shape index (κ2) is 8.48. The lowest BCUT2D eigenvalue weighted by Gasteiger charge is -2.15. The number of benzene rings is 2. The van der Waals surface area contributed by atoms with Crippen molar-refractivity contribution >= 4 is 5.69 Å². The van der Waals surface area contributed by atoms with E-state index < -0.39 is 0 Å². The van der Waals surface area contributed by atoms with E-state index in [0.717, 1.165) is 17.9 Å². The van der Waals surface area contributed by atoms with E-state index in [-0.39, 0.29) is 0 Å². The lowest BCUT2D eigenvalue weighted by Crippen LogP contribution is -2.07. The average Bonchev–Trinajstić information content (AvgIpc) is 2.55. The Bertz CT molecular complexity index is 668. The Kier molecular flexibility index (Phi) is 6.36. The van der Waals surface area contributed by atoms with Gasteiger partial charge in [0.1, 0.15) is 17.2 Å². The summed E-state index contributed by atoms with van der Waals surface area (Å²) >= 11 is 0. The Balaban J connectivity index is 1.82. The SMILES string of the molecule is COc1ccc(OCCCOc2cc(C)ccc2C(C)C)c(N)c1. The number of aryl methyl sites for hydroxylation is 1. The highest BCUT2D eigenvalue weighted by molar-refractivity contribution is 5.56. The van der Waals surface area contributed by atoms with Gasteiger partial charge in [0.2, 0.25) is 0 Å². The first-order chi connectivity index (χ1) is 11.5. The monoisotopic (exact) mass is 329 g/mol. The molecule has 2 rings (SSSR count). The summed E-state index contributed by atoms with van der Waals surface area (Å²) in [4.78, 5) is 0. The first-order valence-corrected chi connectivity index (χ1v) is 8.31. The number of methoxy groups -OCH3 is 1. The van der Waals surface area contributed by atoms with Crippen molar-refractivity contribution in [3.63, 3.8) is 0 Å². The standard InChI is InChI=1S/C20H27NO3/c1-14(2)17-8-6-15(3)12-20(17)24-11-5-10-23-19-9-7-16(22-4)13-18(19)21/h6-9,12-14H,5,10-11,21H2,1-4H3. The van der Waals surface area contributed by atoms with E-state index in [2.05, 4.69) is 39.0 Å². The van der Waals surface area contributed by atoms with Crippen LogP contribution in [0.1, 0.15) is 37.3 Å². The molecule has 0 bridgehead atoms. The van der Waals surface area contributed by atoms with Gasteiger partial charge in [-0.15, -0.1) is 0 Å². The zero-order valence-corrected chi connectivity index (χ0v) is 15.0. The van der Waals surface area contributed by atoms with Gasteiger partial charge in [0.15, 0.2) is 0 Å². The normalized spacial score (nSPS) is 10.7. The van der Waals surface area contributed by atoms with Gasteiger partial charge in [-0.05, 0) is 42.2 Å². The molecule has 0 amide bonds. The second-order valence-corrected chi connectivity index (χ2v) is 6.15. The smallest absolute Gasteiger partial charge is 0.142 e. The summed E-state index contributed by atoms with van der Waals surface area (Å²) in [5.74, 6) is 2.81. The molecule has 2 N–H and O–H groups in total. The maximum Gasteiger partial charge on any atom is 0.142 e. The van der Waals surface area contributed by atoms with Gasteiger partial charge in [0.05, 0.1) is 26.0 Å². The van der Waals surface area contributed by atoms with Crippen molar-refractivity contribution in [1.29, 1.82) is 0 Å². The van der Waals surface area contributed by atoms with Crippen molar-refractivity contribution < 1.29 is 14.2 Å². The highest BCUT2D eigenvalue weighted by Gasteiger charge is 2.08. The van der Waals surface area contributed by atoms with E-state index in [0.29, 0.717) is 30.6 Å². The van der Waals surface area contributed by atoms with E-state index in [1.807, 2.05) is 12.1 Å². The number of hydrogen-bond acceptors (Lipinski definition) is 4. The number of hydrogen-bond donors (Lipinski definition) is 1. The van der Waals surface area contributed by atoms with Gasteiger partial charge in [-0.1, -0.05) is 26.0 Å². The van der Waals surface area contributed by atoms with E-state index in [4.69, 9.17) is 19.9 Å². The molecular formula is C20H27NO3. The largest absolute Gasteiger partial charge is 0.497 e. The Morgan fingerprint density at radius 3 is 2.29 bits per heavy atom. The predicted molar refractivity (Wildman–Crippen MR) is 98.3 cm³/mol. The molecule has 0 unspecified atom stereocenters. The van der Waals surface area contributed by atoms with Gasteiger partial charge in [0, 0.05) is 12.5 Å². The molecule has 0 saturated heterocycles. The van der Waals surface area contributed by atoms with Gasteiger partial charge >= 0.3 is 0 Å². The molecule has 0 heterocycles. The van der Waals surface area contributed by atoms with Crippen LogP contribution < -0.4 is 19.9 Å². The van der Waals surface area contributed by atoms with Crippen molar-refractivity contribution in [3.05, 3.63) is 47.5 Å². The maximum absolute atomic E-state index is 5.95. The Morgan fingerprint density at radius 1 is 0.958 bits per heavy atom. The van der Waals surface area contributed by atoms with E-state index in [9.17, 15) is 0 Å². The average molecular weight is 329 g/mol. The van der Waals surface area contributed by atoms with Crippen LogP contribution in [0.4, 0.5) is 5.69 Å². The molecule has 0 aromatic heterocycles. The highest BCUT2D eigenvalue weighted by atomic mass is 16.5. The second-order valence-electron chi connectivity index (χ2n) is 6.15. The quantitative estimate of drug-likeness (QED) is 0.570. The molecule has 0 aliphatic rings. The van der Waals surface area contributed by atoms with Crippen LogP contribution in [-0.4, -0.2) is 20.3 Å². The number of ether oxygens (including phenoxy) is 3. The fraction of sp³-hybridized carbons (Fsp3) is 0.400. The molecule has 2 aromatic carbocycles. The van der Waals surface area contributed by atoms with Crippen LogP contribution in [0.25, 0.3) is 0 Å². The van der Waals surface area contributed by atoms with Crippen molar-refractivity contribution in [2.24, 2.45) is 0 Å². The molecule has 0 fully saturated rings. The summed E-state index contributed by atoms with van der Waals surface area (Å²) in [5.41, 5.74) is 8.96. The Labute approximate surface area is 144 Å². The van der Waals surface area contributed by atoms with E-state index in [1.165, 1.54) is 11.1 Å². The first-order valence-electron chi connectivity index (χ1n) is 8.31. The molecule has 2 aromatic rings. The number of nitrogen functional groups attached to an aromatic ring is 1. The van der Waals surface area contributed by atoms with Crippen LogP contribution in [0.15, 0.2) is 36.4 Å². The number of nitrogens with two attached hydrogens (primary N) is 1. The third-order valence-corrected chi connectivity index (χ3v) is 3.81. The summed E-state index contributed by atoms with van der Waals surface area (Å²) in [7, 11) is 1.61. The molecule has 0 saturated carbocycles. The molecule has 0 radical (unpaired) electrons. The van der Waals surface area contributed by atoms with Gasteiger partial charge in [0.25, 0.3) is 0 Å². The molecule has 0 aliphatic heterocycles. The molecule has 4 heteroatoms. The summed E-state index contributed by atoms with van der Waals surface area (Å²) in [6.45, 7) is 7.59. The van der Waals surface area contributed by atoms with Gasteiger partial charge in [-0.25, -0.2) is 0 Å². The molecule has 0 spiro atoms. The van der Waals surface area contributed by atoms with Gasteiger partial charge in [-0.3, -0.25) is 0 Å². The van der Waals surface area contributed by atoms with Crippen molar-refractivity contribution in [1.82, 2.24) is 0 Å². The van der Waals surface area contributed by atoms with Crippen LogP contribution in [0, 0.1) is 6.92 Å². The Morgan fingerprint density at radius 2 is 1.67 bits per heavy atom. The Hall–Kier alpha value is -2.36. The zero-order valence-electron chi connectivity index (χ0n) is 15.0. The van der Waals surface area contributed by atoms with E-state index in [1.54, 1.807) is 13.2 Å². The van der Waals surface area contributed by atoms with Crippen molar-refractivity contribution in [2.45, 2.75) is 33.1 Å². The molecule has 4 nitrogen and oxygen atoms in total. The minimum absolute atomic E-state index is 0.441. The minimum atomic E-state index is 0.441. The molecule has 24 heavy (non-hydrogen) atoms. The zero-order chi connectivity index (χ0) is 17.5. The lowest BCUT2D eigenvalue weighted by atomic mass is 10.0. The molecule has 0 atom stereocenters. The minimum Gasteiger partial charge on any atom is -0.497 e. The summed E-state index contributed by atoms with van der Waals surface area (Å²) in [5, 5.41) is 0. The van der Waals surface area contributed by atoms with Crippen LogP contribution in [0.2, 0.25) is 0 Å². The fourth-order valence-corrected chi connectivity index (χ4v) is 2.45. The lowest BCUT2D eigenvalue weighted by molar-refractivity contribution is 0.246. The summed E-state index contributed by atoms with van der Waals surface area (Å²) < 4.78 is 16.8. The van der Waals surface area contributed by atoms with Gasteiger partial charge < -0.3 is 19.9 Å². The van der Waals surface area contributed by atoms with Crippen LogP contribution in [-0.2, 0) is 0 Å². The fourth-order valence-electron chi connectivity index (χ4n) is 2.45. The van der Waals surface area contributed by atoms with Crippen LogP contribution in [0.3, 0.4) is 0 Å².